The van der Waals surface area contributed by atoms with E-state index < -0.39 is 0 Å². The first-order chi connectivity index (χ1) is 6.49. The van der Waals surface area contributed by atoms with Crippen molar-refractivity contribution in [1.82, 2.24) is 4.90 Å². The van der Waals surface area contributed by atoms with Gasteiger partial charge in [-0.2, -0.15) is 0 Å². The smallest absolute Gasteiger partial charge is 0.0598 e. The Labute approximate surface area is 87.6 Å². The maximum absolute atomic E-state index is 5.97. The maximum atomic E-state index is 5.97. The average Bonchev–Trinajstić information content (AvgIpc) is 2.17. The van der Waals surface area contributed by atoms with Gasteiger partial charge < -0.3 is 9.64 Å². The zero-order valence-corrected chi connectivity index (χ0v) is 9.81. The number of fused-ring (bicyclic) bond motifs is 3. The van der Waals surface area contributed by atoms with E-state index in [9.17, 15) is 0 Å². The summed E-state index contributed by atoms with van der Waals surface area (Å²) in [4.78, 5) is 2.58. The van der Waals surface area contributed by atoms with Gasteiger partial charge >= 0.3 is 0 Å². The van der Waals surface area contributed by atoms with E-state index in [0.717, 1.165) is 6.61 Å². The molecule has 2 bridgehead atoms. The van der Waals surface area contributed by atoms with Gasteiger partial charge in [0.05, 0.1) is 12.2 Å². The minimum Gasteiger partial charge on any atom is -0.375 e. The molecule has 3 aliphatic rings. The van der Waals surface area contributed by atoms with Crippen molar-refractivity contribution in [3.63, 3.8) is 0 Å². The van der Waals surface area contributed by atoms with Crippen LogP contribution < -0.4 is 0 Å². The monoisotopic (exact) mass is 197 g/mol. The Morgan fingerprint density at radius 1 is 1.07 bits per heavy atom. The van der Waals surface area contributed by atoms with Crippen molar-refractivity contribution in [2.45, 2.75) is 45.6 Å². The minimum absolute atomic E-state index is 0.0311. The molecular weight excluding hydrogens is 174 g/mol. The second-order valence-electron chi connectivity index (χ2n) is 5.99. The van der Waals surface area contributed by atoms with Gasteiger partial charge in [0.15, 0.2) is 0 Å². The van der Waals surface area contributed by atoms with Crippen LogP contribution >= 0.6 is 0 Å². The quantitative estimate of drug-likeness (QED) is 0.673. The summed E-state index contributed by atoms with van der Waals surface area (Å²) in [6.45, 7) is 11.3. The average molecular weight is 197 g/mol. The minimum atomic E-state index is 0.0311. The topological polar surface area (TPSA) is 12.5 Å². The fourth-order valence-electron chi connectivity index (χ4n) is 2.48. The molecule has 0 unspecified atom stereocenters. The first kappa shape index (κ1) is 10.4. The summed E-state index contributed by atoms with van der Waals surface area (Å²) >= 11 is 0. The Morgan fingerprint density at radius 2 is 1.57 bits per heavy atom. The molecule has 14 heavy (non-hydrogen) atoms. The molecule has 0 aromatic heterocycles. The molecule has 2 nitrogen and oxygen atoms in total. The summed E-state index contributed by atoms with van der Waals surface area (Å²) in [7, 11) is 0. The molecule has 3 fully saturated rings. The number of hydrogen-bond donors (Lipinski definition) is 0. The first-order valence-corrected chi connectivity index (χ1v) is 5.86. The lowest BCUT2D eigenvalue weighted by atomic mass is 9.73. The van der Waals surface area contributed by atoms with Gasteiger partial charge in [-0.3, -0.25) is 0 Å². The van der Waals surface area contributed by atoms with E-state index in [1.54, 1.807) is 0 Å². The summed E-state index contributed by atoms with van der Waals surface area (Å²) < 4.78 is 5.97. The van der Waals surface area contributed by atoms with Crippen LogP contribution in [0, 0.1) is 5.41 Å². The van der Waals surface area contributed by atoms with E-state index in [0.29, 0.717) is 5.41 Å². The van der Waals surface area contributed by atoms with Gasteiger partial charge in [0.1, 0.15) is 0 Å². The standard InChI is InChI=1S/C12H23NO/c1-11(2,3)14-10-12-4-7-13(8-5-12)9-6-12/h4-10H2,1-3H3. The van der Waals surface area contributed by atoms with Crippen LogP contribution in [0.4, 0.5) is 0 Å². The SMILES string of the molecule is CC(C)(C)OCC12CCN(CC1)CC2. The Hall–Kier alpha value is -0.0800. The largest absolute Gasteiger partial charge is 0.375 e. The molecule has 0 saturated carbocycles. The van der Waals surface area contributed by atoms with E-state index in [2.05, 4.69) is 25.7 Å². The van der Waals surface area contributed by atoms with Gasteiger partial charge in [-0.25, -0.2) is 0 Å². The van der Waals surface area contributed by atoms with Gasteiger partial charge in [-0.15, -0.1) is 0 Å². The van der Waals surface area contributed by atoms with Crippen molar-refractivity contribution in [2.75, 3.05) is 26.2 Å². The van der Waals surface area contributed by atoms with Crippen LogP contribution in [0.1, 0.15) is 40.0 Å². The number of rotatable bonds is 2. The van der Waals surface area contributed by atoms with Crippen LogP contribution in [-0.2, 0) is 4.74 Å². The molecule has 3 rings (SSSR count). The lowest BCUT2D eigenvalue weighted by molar-refractivity contribution is -0.0938. The number of piperidine rings is 3. The Balaban J connectivity index is 1.89. The van der Waals surface area contributed by atoms with Crippen molar-refractivity contribution in [3.8, 4) is 0 Å². The van der Waals surface area contributed by atoms with Gasteiger partial charge in [-0.05, 0) is 65.1 Å². The van der Waals surface area contributed by atoms with Crippen molar-refractivity contribution >= 4 is 0 Å². The normalized spacial score (nSPS) is 37.5. The second kappa shape index (κ2) is 3.49. The Bertz CT molecular complexity index is 185. The third-order valence-electron chi connectivity index (χ3n) is 3.69. The highest BCUT2D eigenvalue weighted by molar-refractivity contribution is 4.92. The highest BCUT2D eigenvalue weighted by Crippen LogP contribution is 2.40. The number of hydrogen-bond acceptors (Lipinski definition) is 2. The lowest BCUT2D eigenvalue weighted by Crippen LogP contribution is -2.50. The Kier molecular flexibility index (Phi) is 2.61. The fourth-order valence-corrected chi connectivity index (χ4v) is 2.48. The molecular formula is C12H23NO. The molecule has 3 saturated heterocycles. The second-order valence-corrected chi connectivity index (χ2v) is 5.99. The zero-order chi connectivity index (χ0) is 10.2. The van der Waals surface area contributed by atoms with Crippen LogP contribution in [0.15, 0.2) is 0 Å². The summed E-state index contributed by atoms with van der Waals surface area (Å²) in [5.74, 6) is 0. The Morgan fingerprint density at radius 3 is 2.00 bits per heavy atom. The van der Waals surface area contributed by atoms with Crippen LogP contribution in [0.5, 0.6) is 0 Å². The summed E-state index contributed by atoms with van der Waals surface area (Å²) in [6.07, 6.45) is 4.05. The van der Waals surface area contributed by atoms with E-state index >= 15 is 0 Å². The molecule has 0 amide bonds. The van der Waals surface area contributed by atoms with Crippen LogP contribution in [-0.4, -0.2) is 36.7 Å². The molecule has 82 valence electrons. The molecule has 0 aromatic carbocycles. The summed E-state index contributed by atoms with van der Waals surface area (Å²) in [5.41, 5.74) is 0.561. The predicted octanol–water partition coefficient (Wildman–Crippen LogP) is 2.29. The molecule has 0 aromatic rings. The molecule has 3 aliphatic heterocycles. The third kappa shape index (κ3) is 2.29. The van der Waals surface area contributed by atoms with Crippen LogP contribution in [0.3, 0.4) is 0 Å². The van der Waals surface area contributed by atoms with Gasteiger partial charge in [-0.1, -0.05) is 0 Å². The molecule has 0 radical (unpaired) electrons. The van der Waals surface area contributed by atoms with E-state index in [4.69, 9.17) is 4.74 Å². The summed E-state index contributed by atoms with van der Waals surface area (Å²) in [6, 6.07) is 0. The van der Waals surface area contributed by atoms with Crippen molar-refractivity contribution < 1.29 is 4.74 Å². The predicted molar refractivity (Wildman–Crippen MR) is 58.4 cm³/mol. The van der Waals surface area contributed by atoms with Crippen molar-refractivity contribution in [1.29, 1.82) is 0 Å². The van der Waals surface area contributed by atoms with Gasteiger partial charge in [0.25, 0.3) is 0 Å². The van der Waals surface area contributed by atoms with E-state index in [-0.39, 0.29) is 5.60 Å². The molecule has 0 N–H and O–H groups in total. The first-order valence-electron chi connectivity index (χ1n) is 5.86. The number of nitrogens with zero attached hydrogens (tertiary/aromatic N) is 1. The molecule has 0 spiro atoms. The van der Waals surface area contributed by atoms with Gasteiger partial charge in [0.2, 0.25) is 0 Å². The lowest BCUT2D eigenvalue weighted by Gasteiger charge is -2.49. The highest BCUT2D eigenvalue weighted by atomic mass is 16.5. The third-order valence-corrected chi connectivity index (χ3v) is 3.69. The van der Waals surface area contributed by atoms with Crippen molar-refractivity contribution in [3.05, 3.63) is 0 Å². The van der Waals surface area contributed by atoms with Crippen LogP contribution in [0.2, 0.25) is 0 Å². The number of ether oxygens (including phenoxy) is 1. The van der Waals surface area contributed by atoms with Crippen molar-refractivity contribution in [2.24, 2.45) is 5.41 Å². The van der Waals surface area contributed by atoms with Crippen LogP contribution in [0.25, 0.3) is 0 Å². The molecule has 2 heteroatoms. The highest BCUT2D eigenvalue weighted by Gasteiger charge is 2.40. The molecule has 0 aliphatic carbocycles. The molecule has 0 atom stereocenters. The molecule has 3 heterocycles. The van der Waals surface area contributed by atoms with Gasteiger partial charge in [0, 0.05) is 0 Å². The van der Waals surface area contributed by atoms with E-state index in [1.165, 1.54) is 38.9 Å². The summed E-state index contributed by atoms with van der Waals surface area (Å²) in [5, 5.41) is 0. The fraction of sp³-hybridized carbons (Fsp3) is 1.00. The van der Waals surface area contributed by atoms with E-state index in [1.807, 2.05) is 0 Å². The maximum Gasteiger partial charge on any atom is 0.0598 e. The zero-order valence-electron chi connectivity index (χ0n) is 9.81.